The lowest BCUT2D eigenvalue weighted by atomic mass is 9.97. The topological polar surface area (TPSA) is 52.0 Å². The van der Waals surface area contributed by atoms with Crippen LogP contribution in [0.5, 0.6) is 0 Å². The molecule has 2 nitrogen and oxygen atoms in total. The first-order chi connectivity index (χ1) is 7.81. The van der Waals surface area contributed by atoms with E-state index in [1.54, 1.807) is 0 Å². The molecule has 0 aromatic carbocycles. The molecule has 0 aliphatic heterocycles. The Morgan fingerprint density at radius 2 is 1.00 bits per heavy atom. The van der Waals surface area contributed by atoms with Gasteiger partial charge >= 0.3 is 0 Å². The molecule has 0 saturated heterocycles. The Kier molecular flexibility index (Phi) is 12.9. The van der Waals surface area contributed by atoms with Crippen molar-refractivity contribution in [3.8, 4) is 0 Å². The quantitative estimate of drug-likeness (QED) is 0.503. The molecule has 1 unspecified atom stereocenters. The van der Waals surface area contributed by atoms with Gasteiger partial charge in [-0.15, -0.1) is 0 Å². The number of rotatable bonds is 12. The van der Waals surface area contributed by atoms with Gasteiger partial charge in [0.2, 0.25) is 0 Å². The molecule has 0 saturated carbocycles. The van der Waals surface area contributed by atoms with Gasteiger partial charge in [-0.2, -0.15) is 0 Å². The fourth-order valence-corrected chi connectivity index (χ4v) is 2.13. The zero-order valence-corrected chi connectivity index (χ0v) is 11.2. The normalized spacial score (nSPS) is 12.9. The maximum absolute atomic E-state index is 5.49. The van der Waals surface area contributed by atoms with Crippen LogP contribution in [-0.2, 0) is 0 Å². The summed E-state index contributed by atoms with van der Waals surface area (Å²) in [5, 5.41) is 0. The van der Waals surface area contributed by atoms with Gasteiger partial charge in [-0.05, 0) is 31.8 Å². The number of hydrogen-bond donors (Lipinski definition) is 2. The Morgan fingerprint density at radius 1 is 0.625 bits per heavy atom. The minimum atomic E-state index is 0.855. The average Bonchev–Trinajstić information content (AvgIpc) is 2.28. The molecule has 16 heavy (non-hydrogen) atoms. The highest BCUT2D eigenvalue weighted by Crippen LogP contribution is 2.16. The van der Waals surface area contributed by atoms with Crippen molar-refractivity contribution in [2.75, 3.05) is 13.1 Å². The standard InChI is InChI=1S/C14H32N2/c1-14(11-7-9-13-16)10-6-4-2-3-5-8-12-15/h14H,2-13,15-16H2,1H3. The summed E-state index contributed by atoms with van der Waals surface area (Å²) in [4.78, 5) is 0. The van der Waals surface area contributed by atoms with Gasteiger partial charge in [0, 0.05) is 0 Å². The summed E-state index contributed by atoms with van der Waals surface area (Å²) >= 11 is 0. The van der Waals surface area contributed by atoms with E-state index in [1.807, 2.05) is 0 Å². The van der Waals surface area contributed by atoms with Gasteiger partial charge < -0.3 is 11.5 Å². The van der Waals surface area contributed by atoms with Crippen molar-refractivity contribution in [1.29, 1.82) is 0 Å². The van der Waals surface area contributed by atoms with E-state index < -0.39 is 0 Å². The van der Waals surface area contributed by atoms with E-state index in [-0.39, 0.29) is 0 Å². The van der Waals surface area contributed by atoms with Crippen LogP contribution >= 0.6 is 0 Å². The minimum Gasteiger partial charge on any atom is -0.330 e. The third-order valence-electron chi connectivity index (χ3n) is 3.30. The number of unbranched alkanes of at least 4 members (excludes halogenated alkanes) is 6. The fourth-order valence-electron chi connectivity index (χ4n) is 2.13. The van der Waals surface area contributed by atoms with E-state index in [9.17, 15) is 0 Å². The molecule has 0 rings (SSSR count). The van der Waals surface area contributed by atoms with Gasteiger partial charge in [-0.25, -0.2) is 0 Å². The molecule has 1 atom stereocenters. The summed E-state index contributed by atoms with van der Waals surface area (Å²) < 4.78 is 0. The molecular weight excluding hydrogens is 196 g/mol. The van der Waals surface area contributed by atoms with Crippen LogP contribution in [0.15, 0.2) is 0 Å². The second-order valence-corrected chi connectivity index (χ2v) is 5.09. The van der Waals surface area contributed by atoms with Crippen LogP contribution in [0.4, 0.5) is 0 Å². The largest absolute Gasteiger partial charge is 0.330 e. The maximum atomic E-state index is 5.49. The van der Waals surface area contributed by atoms with Gasteiger partial charge in [-0.1, -0.05) is 58.3 Å². The van der Waals surface area contributed by atoms with E-state index in [0.717, 1.165) is 19.0 Å². The molecule has 0 aliphatic rings. The molecule has 4 N–H and O–H groups in total. The molecule has 98 valence electrons. The van der Waals surface area contributed by atoms with E-state index in [0.29, 0.717) is 0 Å². The molecule has 0 heterocycles. The predicted octanol–water partition coefficient (Wildman–Crippen LogP) is 3.44. The molecule has 0 spiro atoms. The average molecular weight is 228 g/mol. The Labute approximate surface area is 102 Å². The zero-order valence-electron chi connectivity index (χ0n) is 11.2. The summed E-state index contributed by atoms with van der Waals surface area (Å²) in [5.74, 6) is 0.899. The predicted molar refractivity (Wildman–Crippen MR) is 73.4 cm³/mol. The van der Waals surface area contributed by atoms with Gasteiger partial charge in [-0.3, -0.25) is 0 Å². The van der Waals surface area contributed by atoms with Crippen LogP contribution in [0.1, 0.15) is 71.1 Å². The van der Waals surface area contributed by atoms with Crippen LogP contribution in [0.2, 0.25) is 0 Å². The summed E-state index contributed by atoms with van der Waals surface area (Å²) in [5.41, 5.74) is 10.9. The van der Waals surface area contributed by atoms with Crippen molar-refractivity contribution in [3.63, 3.8) is 0 Å². The Hall–Kier alpha value is -0.0800. The number of hydrogen-bond acceptors (Lipinski definition) is 2. The molecule has 0 aromatic heterocycles. The third-order valence-corrected chi connectivity index (χ3v) is 3.30. The summed E-state index contributed by atoms with van der Waals surface area (Å²) in [6.45, 7) is 4.09. The molecule has 0 aromatic rings. The van der Waals surface area contributed by atoms with E-state index in [4.69, 9.17) is 11.5 Å². The zero-order chi connectivity index (χ0) is 12.1. The molecule has 0 amide bonds. The van der Waals surface area contributed by atoms with Gasteiger partial charge in [0.05, 0.1) is 0 Å². The second-order valence-electron chi connectivity index (χ2n) is 5.09. The second kappa shape index (κ2) is 13.0. The lowest BCUT2D eigenvalue weighted by Crippen LogP contribution is -2.01. The summed E-state index contributed by atoms with van der Waals surface area (Å²) in [7, 11) is 0. The Bertz CT molecular complexity index is 126. The first kappa shape index (κ1) is 15.9. The monoisotopic (exact) mass is 228 g/mol. The van der Waals surface area contributed by atoms with Crippen molar-refractivity contribution in [3.05, 3.63) is 0 Å². The summed E-state index contributed by atoms with van der Waals surface area (Å²) in [6.07, 6.45) is 13.4. The molecule has 0 fully saturated rings. The van der Waals surface area contributed by atoms with Crippen LogP contribution < -0.4 is 11.5 Å². The molecule has 2 heteroatoms. The molecule has 0 radical (unpaired) electrons. The van der Waals surface area contributed by atoms with Crippen molar-refractivity contribution >= 4 is 0 Å². The van der Waals surface area contributed by atoms with Crippen molar-refractivity contribution in [2.45, 2.75) is 71.1 Å². The molecule has 0 bridgehead atoms. The van der Waals surface area contributed by atoms with Crippen molar-refractivity contribution < 1.29 is 0 Å². The van der Waals surface area contributed by atoms with E-state index >= 15 is 0 Å². The lowest BCUT2D eigenvalue weighted by molar-refractivity contribution is 0.439. The Morgan fingerprint density at radius 3 is 1.56 bits per heavy atom. The molecule has 0 aliphatic carbocycles. The molecular formula is C14H32N2. The third kappa shape index (κ3) is 12.0. The Balaban J connectivity index is 3.06. The highest BCUT2D eigenvalue weighted by molar-refractivity contribution is 4.55. The van der Waals surface area contributed by atoms with Crippen LogP contribution in [0.25, 0.3) is 0 Å². The first-order valence-corrected chi connectivity index (χ1v) is 7.21. The number of nitrogens with two attached hydrogens (primary N) is 2. The van der Waals surface area contributed by atoms with Crippen LogP contribution in [0.3, 0.4) is 0 Å². The van der Waals surface area contributed by atoms with Crippen molar-refractivity contribution in [2.24, 2.45) is 17.4 Å². The highest BCUT2D eigenvalue weighted by Gasteiger charge is 2.01. The van der Waals surface area contributed by atoms with Crippen molar-refractivity contribution in [1.82, 2.24) is 0 Å². The maximum Gasteiger partial charge on any atom is -0.00773 e. The van der Waals surface area contributed by atoms with Gasteiger partial charge in [0.15, 0.2) is 0 Å². The van der Waals surface area contributed by atoms with Gasteiger partial charge in [0.1, 0.15) is 0 Å². The van der Waals surface area contributed by atoms with Crippen LogP contribution in [-0.4, -0.2) is 13.1 Å². The van der Waals surface area contributed by atoms with Gasteiger partial charge in [0.25, 0.3) is 0 Å². The highest BCUT2D eigenvalue weighted by atomic mass is 14.5. The van der Waals surface area contributed by atoms with E-state index in [2.05, 4.69) is 6.92 Å². The smallest absolute Gasteiger partial charge is 0.00773 e. The lowest BCUT2D eigenvalue weighted by Gasteiger charge is -2.10. The SMILES string of the molecule is CC(CCCCN)CCCCCCCCN. The minimum absolute atomic E-state index is 0.855. The first-order valence-electron chi connectivity index (χ1n) is 7.21. The van der Waals surface area contributed by atoms with E-state index in [1.165, 1.54) is 64.2 Å². The fraction of sp³-hybridized carbons (Fsp3) is 1.00. The summed E-state index contributed by atoms with van der Waals surface area (Å²) in [6, 6.07) is 0. The van der Waals surface area contributed by atoms with Crippen LogP contribution in [0, 0.1) is 5.92 Å².